The normalized spacial score (nSPS) is 10.2. The van der Waals surface area contributed by atoms with Gasteiger partial charge in [0.1, 0.15) is 18.1 Å². The number of benzene rings is 3. The zero-order valence-corrected chi connectivity index (χ0v) is 13.0. The molecule has 0 heterocycles. The summed E-state index contributed by atoms with van der Waals surface area (Å²) in [5.74, 6) is 0.570. The average molecular weight is 319 g/mol. The fourth-order valence-electron chi connectivity index (χ4n) is 2.23. The summed E-state index contributed by atoms with van der Waals surface area (Å²) in [6, 6.07) is 23.3. The lowest BCUT2D eigenvalue weighted by Gasteiger charge is -2.08. The van der Waals surface area contributed by atoms with Crippen LogP contribution in [0.4, 0.5) is 5.69 Å². The number of anilines is 1. The van der Waals surface area contributed by atoms with Crippen LogP contribution in [-0.2, 0) is 6.61 Å². The van der Waals surface area contributed by atoms with E-state index in [4.69, 9.17) is 4.74 Å². The maximum absolute atomic E-state index is 12.2. The van der Waals surface area contributed by atoms with E-state index in [1.54, 1.807) is 42.5 Å². The number of hydrogen-bond donors (Lipinski definition) is 2. The van der Waals surface area contributed by atoms with Gasteiger partial charge in [0.25, 0.3) is 5.91 Å². The summed E-state index contributed by atoms with van der Waals surface area (Å²) in [6.45, 7) is 0.482. The van der Waals surface area contributed by atoms with Gasteiger partial charge in [0.2, 0.25) is 0 Å². The molecule has 1 amide bonds. The number of hydrogen-bond acceptors (Lipinski definition) is 3. The quantitative estimate of drug-likeness (QED) is 0.740. The number of nitrogens with one attached hydrogen (secondary N) is 1. The van der Waals surface area contributed by atoms with Gasteiger partial charge < -0.3 is 15.2 Å². The fourth-order valence-corrected chi connectivity index (χ4v) is 2.23. The Kier molecular flexibility index (Phi) is 4.77. The van der Waals surface area contributed by atoms with Crippen LogP contribution in [0.2, 0.25) is 0 Å². The van der Waals surface area contributed by atoms with Crippen molar-refractivity contribution in [1.29, 1.82) is 0 Å². The molecule has 0 bridgehead atoms. The molecule has 0 unspecified atom stereocenters. The molecule has 0 aliphatic carbocycles. The molecular weight excluding hydrogens is 302 g/mol. The van der Waals surface area contributed by atoms with E-state index in [0.29, 0.717) is 23.6 Å². The van der Waals surface area contributed by atoms with E-state index in [1.807, 2.05) is 30.3 Å². The lowest BCUT2D eigenvalue weighted by atomic mass is 10.2. The minimum absolute atomic E-state index is 0.109. The van der Waals surface area contributed by atoms with Crippen molar-refractivity contribution >= 4 is 11.6 Å². The third-order valence-electron chi connectivity index (χ3n) is 3.47. The molecule has 3 rings (SSSR count). The summed E-state index contributed by atoms with van der Waals surface area (Å²) in [5.41, 5.74) is 2.15. The van der Waals surface area contributed by atoms with Crippen LogP contribution in [0.15, 0.2) is 78.9 Å². The summed E-state index contributed by atoms with van der Waals surface area (Å²) in [5, 5.41) is 12.2. The molecule has 0 aliphatic rings. The Morgan fingerprint density at radius 1 is 0.917 bits per heavy atom. The van der Waals surface area contributed by atoms with Gasteiger partial charge in [-0.1, -0.05) is 36.4 Å². The standard InChI is InChI=1S/C20H17NO3/c22-18-8-4-7-17(13-18)21-20(23)16-9-11-19(12-10-16)24-14-15-5-2-1-3-6-15/h1-13,22H,14H2,(H,21,23). The topological polar surface area (TPSA) is 58.6 Å². The summed E-state index contributed by atoms with van der Waals surface area (Å²) in [7, 11) is 0. The molecule has 0 aromatic heterocycles. The highest BCUT2D eigenvalue weighted by molar-refractivity contribution is 6.04. The van der Waals surface area contributed by atoms with Crippen LogP contribution >= 0.6 is 0 Å². The van der Waals surface area contributed by atoms with Gasteiger partial charge in [0.05, 0.1) is 0 Å². The third kappa shape index (κ3) is 4.14. The van der Waals surface area contributed by atoms with Gasteiger partial charge in [0, 0.05) is 17.3 Å². The van der Waals surface area contributed by atoms with Crippen molar-refractivity contribution in [2.45, 2.75) is 6.61 Å². The zero-order chi connectivity index (χ0) is 16.8. The van der Waals surface area contributed by atoms with E-state index in [9.17, 15) is 9.90 Å². The first-order chi connectivity index (χ1) is 11.7. The predicted molar refractivity (Wildman–Crippen MR) is 93.3 cm³/mol. The van der Waals surface area contributed by atoms with Crippen molar-refractivity contribution < 1.29 is 14.6 Å². The molecule has 3 aromatic carbocycles. The van der Waals surface area contributed by atoms with Crippen molar-refractivity contribution in [3.05, 3.63) is 90.0 Å². The number of phenolic OH excluding ortho intramolecular Hbond substituents is 1. The van der Waals surface area contributed by atoms with Gasteiger partial charge in [-0.25, -0.2) is 0 Å². The smallest absolute Gasteiger partial charge is 0.255 e. The van der Waals surface area contributed by atoms with Crippen LogP contribution in [-0.4, -0.2) is 11.0 Å². The number of aromatic hydroxyl groups is 1. The van der Waals surface area contributed by atoms with E-state index in [2.05, 4.69) is 5.32 Å². The first kappa shape index (κ1) is 15.6. The summed E-state index contributed by atoms with van der Waals surface area (Å²) < 4.78 is 5.70. The van der Waals surface area contributed by atoms with Crippen LogP contribution in [0, 0.1) is 0 Å². The maximum Gasteiger partial charge on any atom is 0.255 e. The third-order valence-corrected chi connectivity index (χ3v) is 3.47. The zero-order valence-electron chi connectivity index (χ0n) is 13.0. The molecule has 0 saturated heterocycles. The van der Waals surface area contributed by atoms with Gasteiger partial charge in [-0.15, -0.1) is 0 Å². The highest BCUT2D eigenvalue weighted by Gasteiger charge is 2.07. The lowest BCUT2D eigenvalue weighted by Crippen LogP contribution is -2.11. The molecule has 0 saturated carbocycles. The van der Waals surface area contributed by atoms with Crippen LogP contribution in [0.5, 0.6) is 11.5 Å². The second kappa shape index (κ2) is 7.33. The Balaban J connectivity index is 1.60. The summed E-state index contributed by atoms with van der Waals surface area (Å²) in [4.78, 5) is 12.2. The van der Waals surface area contributed by atoms with Crippen molar-refractivity contribution in [3.8, 4) is 11.5 Å². The molecule has 4 nitrogen and oxygen atoms in total. The minimum atomic E-state index is -0.241. The van der Waals surface area contributed by atoms with E-state index in [-0.39, 0.29) is 11.7 Å². The molecular formula is C20H17NO3. The van der Waals surface area contributed by atoms with Gasteiger partial charge in [-0.3, -0.25) is 4.79 Å². The monoisotopic (exact) mass is 319 g/mol. The molecule has 0 spiro atoms. The molecule has 0 atom stereocenters. The van der Waals surface area contributed by atoms with Crippen LogP contribution < -0.4 is 10.1 Å². The van der Waals surface area contributed by atoms with E-state index < -0.39 is 0 Å². The highest BCUT2D eigenvalue weighted by atomic mass is 16.5. The van der Waals surface area contributed by atoms with Crippen LogP contribution in [0.3, 0.4) is 0 Å². The Bertz CT molecular complexity index is 814. The fraction of sp³-hybridized carbons (Fsp3) is 0.0500. The van der Waals surface area contributed by atoms with Crippen molar-refractivity contribution in [3.63, 3.8) is 0 Å². The number of carbonyl (C=O) groups is 1. The van der Waals surface area contributed by atoms with Crippen LogP contribution in [0.1, 0.15) is 15.9 Å². The number of ether oxygens (including phenoxy) is 1. The van der Waals surface area contributed by atoms with E-state index in [0.717, 1.165) is 5.56 Å². The molecule has 24 heavy (non-hydrogen) atoms. The largest absolute Gasteiger partial charge is 0.508 e. The van der Waals surface area contributed by atoms with E-state index in [1.165, 1.54) is 6.07 Å². The Hall–Kier alpha value is -3.27. The number of rotatable bonds is 5. The molecule has 0 aliphatic heterocycles. The maximum atomic E-state index is 12.2. The summed E-state index contributed by atoms with van der Waals surface area (Å²) in [6.07, 6.45) is 0. The van der Waals surface area contributed by atoms with Crippen molar-refractivity contribution in [1.82, 2.24) is 0 Å². The average Bonchev–Trinajstić information content (AvgIpc) is 2.61. The lowest BCUT2D eigenvalue weighted by molar-refractivity contribution is 0.102. The number of amides is 1. The molecule has 0 radical (unpaired) electrons. The Labute approximate surface area is 140 Å². The predicted octanol–water partition coefficient (Wildman–Crippen LogP) is 4.22. The van der Waals surface area contributed by atoms with Gasteiger partial charge in [-0.2, -0.15) is 0 Å². The first-order valence-corrected chi connectivity index (χ1v) is 7.58. The Morgan fingerprint density at radius 2 is 1.67 bits per heavy atom. The molecule has 120 valence electrons. The number of phenols is 1. The second-order valence-corrected chi connectivity index (χ2v) is 5.30. The van der Waals surface area contributed by atoms with E-state index >= 15 is 0 Å². The first-order valence-electron chi connectivity index (χ1n) is 7.58. The van der Waals surface area contributed by atoms with Gasteiger partial charge in [0.15, 0.2) is 0 Å². The van der Waals surface area contributed by atoms with Crippen molar-refractivity contribution in [2.24, 2.45) is 0 Å². The van der Waals surface area contributed by atoms with Gasteiger partial charge in [-0.05, 0) is 42.0 Å². The minimum Gasteiger partial charge on any atom is -0.508 e. The van der Waals surface area contributed by atoms with Crippen LogP contribution in [0.25, 0.3) is 0 Å². The van der Waals surface area contributed by atoms with Crippen molar-refractivity contribution in [2.75, 3.05) is 5.32 Å². The molecule has 3 aromatic rings. The number of carbonyl (C=O) groups excluding carboxylic acids is 1. The summed E-state index contributed by atoms with van der Waals surface area (Å²) >= 11 is 0. The van der Waals surface area contributed by atoms with Gasteiger partial charge >= 0.3 is 0 Å². The highest BCUT2D eigenvalue weighted by Crippen LogP contribution is 2.18. The Morgan fingerprint density at radius 3 is 2.38 bits per heavy atom. The molecule has 4 heteroatoms. The molecule has 2 N–H and O–H groups in total. The second-order valence-electron chi connectivity index (χ2n) is 5.30. The molecule has 0 fully saturated rings. The SMILES string of the molecule is O=C(Nc1cccc(O)c1)c1ccc(OCc2ccccc2)cc1.